The van der Waals surface area contributed by atoms with Crippen molar-refractivity contribution in [1.82, 2.24) is 4.90 Å². The number of nitrogens with two attached hydrogens (primary N) is 1. The Bertz CT molecular complexity index is 263. The van der Waals surface area contributed by atoms with Gasteiger partial charge >= 0.3 is 0 Å². The summed E-state index contributed by atoms with van der Waals surface area (Å²) in [5, 5.41) is 0. The molecule has 2 amide bonds. The Morgan fingerprint density at radius 1 is 1.31 bits per heavy atom. The molecule has 0 aromatic carbocycles. The van der Waals surface area contributed by atoms with Gasteiger partial charge in [0, 0.05) is 13.1 Å². The van der Waals surface area contributed by atoms with E-state index in [4.69, 9.17) is 10.5 Å². The lowest BCUT2D eigenvalue weighted by Crippen LogP contribution is -2.48. The first-order valence-electron chi connectivity index (χ1n) is 5.28. The van der Waals surface area contributed by atoms with Crippen LogP contribution < -0.4 is 5.73 Å². The first-order chi connectivity index (χ1) is 7.49. The molecule has 2 N–H and O–H groups in total. The van der Waals surface area contributed by atoms with Gasteiger partial charge in [0.1, 0.15) is 0 Å². The second-order valence-electron chi connectivity index (χ2n) is 4.02. The third kappa shape index (κ3) is 4.40. The Hall–Kier alpha value is -0.750. The molecule has 1 aliphatic rings. The lowest BCUT2D eigenvalue weighted by atomic mass is 10.2. The zero-order chi connectivity index (χ0) is 12.1. The van der Waals surface area contributed by atoms with Gasteiger partial charge < -0.3 is 15.4 Å². The Kier molecular flexibility index (Phi) is 5.08. The highest BCUT2D eigenvalue weighted by atomic mass is 32.2. The molecule has 6 heteroatoms. The number of rotatable bonds is 4. The minimum absolute atomic E-state index is 0.0493. The molecule has 1 aliphatic heterocycles. The molecule has 0 saturated carbocycles. The van der Waals surface area contributed by atoms with Crippen LogP contribution in [0.25, 0.3) is 0 Å². The number of hydrogen-bond acceptors (Lipinski definition) is 4. The number of amides is 2. The smallest absolute Gasteiger partial charge is 0.232 e. The van der Waals surface area contributed by atoms with Crippen LogP contribution in [0.2, 0.25) is 0 Å². The number of carbonyl (C=O) groups excluding carboxylic acids is 2. The summed E-state index contributed by atoms with van der Waals surface area (Å²) in [6.45, 7) is 5.15. The van der Waals surface area contributed by atoms with E-state index < -0.39 is 0 Å². The molecule has 0 radical (unpaired) electrons. The molecule has 2 atom stereocenters. The van der Waals surface area contributed by atoms with Crippen LogP contribution in [0.3, 0.4) is 0 Å². The number of hydrogen-bond donors (Lipinski definition) is 1. The molecule has 92 valence electrons. The first-order valence-corrected chi connectivity index (χ1v) is 6.43. The van der Waals surface area contributed by atoms with Gasteiger partial charge in [-0.2, -0.15) is 0 Å². The second-order valence-corrected chi connectivity index (χ2v) is 5.00. The largest absolute Gasteiger partial charge is 0.372 e. The van der Waals surface area contributed by atoms with E-state index in [-0.39, 0.29) is 29.8 Å². The summed E-state index contributed by atoms with van der Waals surface area (Å²) < 4.78 is 5.53. The van der Waals surface area contributed by atoms with Gasteiger partial charge in [0.15, 0.2) is 0 Å². The van der Waals surface area contributed by atoms with Crippen LogP contribution in [0, 0.1) is 0 Å². The maximum Gasteiger partial charge on any atom is 0.232 e. The van der Waals surface area contributed by atoms with Gasteiger partial charge in [-0.1, -0.05) is 0 Å². The molecule has 0 aliphatic carbocycles. The average Bonchev–Trinajstić information content (AvgIpc) is 2.15. The van der Waals surface area contributed by atoms with Crippen molar-refractivity contribution in [2.24, 2.45) is 5.73 Å². The quantitative estimate of drug-likeness (QED) is 0.748. The summed E-state index contributed by atoms with van der Waals surface area (Å²) in [4.78, 5) is 24.1. The average molecular weight is 246 g/mol. The van der Waals surface area contributed by atoms with Crippen molar-refractivity contribution in [3.8, 4) is 0 Å². The van der Waals surface area contributed by atoms with Crippen LogP contribution in [-0.4, -0.2) is 53.5 Å². The van der Waals surface area contributed by atoms with Gasteiger partial charge in [0.2, 0.25) is 11.8 Å². The number of ether oxygens (including phenoxy) is 1. The minimum Gasteiger partial charge on any atom is -0.372 e. The molecule has 0 spiro atoms. The number of primary amides is 1. The summed E-state index contributed by atoms with van der Waals surface area (Å²) in [5.41, 5.74) is 5.00. The molecule has 1 saturated heterocycles. The molecule has 2 unspecified atom stereocenters. The third-order valence-electron chi connectivity index (χ3n) is 2.24. The molecule has 0 bridgehead atoms. The van der Waals surface area contributed by atoms with E-state index >= 15 is 0 Å². The standard InChI is InChI=1S/C10H18N2O3S/c1-7-3-12(4-8(2)15-7)10(14)6-16-5-9(11)13/h7-8H,3-6H2,1-2H3,(H2,11,13). The van der Waals surface area contributed by atoms with Crippen molar-refractivity contribution >= 4 is 23.6 Å². The fourth-order valence-electron chi connectivity index (χ4n) is 1.71. The van der Waals surface area contributed by atoms with Crippen LogP contribution in [0.1, 0.15) is 13.8 Å². The van der Waals surface area contributed by atoms with E-state index in [1.807, 2.05) is 13.8 Å². The summed E-state index contributed by atoms with van der Waals surface area (Å²) >= 11 is 1.26. The molecule has 5 nitrogen and oxygen atoms in total. The monoisotopic (exact) mass is 246 g/mol. The van der Waals surface area contributed by atoms with Crippen molar-refractivity contribution in [3.63, 3.8) is 0 Å². The van der Waals surface area contributed by atoms with E-state index in [2.05, 4.69) is 0 Å². The normalized spacial score (nSPS) is 25.5. The Morgan fingerprint density at radius 3 is 2.38 bits per heavy atom. The maximum atomic E-state index is 11.8. The van der Waals surface area contributed by atoms with Crippen LogP contribution in [0.5, 0.6) is 0 Å². The molecular formula is C10H18N2O3S. The topological polar surface area (TPSA) is 72.6 Å². The molecule has 1 heterocycles. The van der Waals surface area contributed by atoms with Gasteiger partial charge in [0.25, 0.3) is 0 Å². The minimum atomic E-state index is -0.387. The third-order valence-corrected chi connectivity index (χ3v) is 3.18. The summed E-state index contributed by atoms with van der Waals surface area (Å²) in [6, 6.07) is 0. The number of carbonyl (C=O) groups is 2. The highest BCUT2D eigenvalue weighted by Gasteiger charge is 2.25. The number of nitrogens with zero attached hydrogens (tertiary/aromatic N) is 1. The van der Waals surface area contributed by atoms with Crippen molar-refractivity contribution in [2.45, 2.75) is 26.1 Å². The van der Waals surface area contributed by atoms with Crippen LogP contribution in [0.4, 0.5) is 0 Å². The molecule has 0 aromatic heterocycles. The van der Waals surface area contributed by atoms with Crippen molar-refractivity contribution in [3.05, 3.63) is 0 Å². The molecular weight excluding hydrogens is 228 g/mol. The van der Waals surface area contributed by atoms with Gasteiger partial charge in [-0.25, -0.2) is 0 Å². The van der Waals surface area contributed by atoms with E-state index in [9.17, 15) is 9.59 Å². The Morgan fingerprint density at radius 2 is 1.88 bits per heavy atom. The van der Waals surface area contributed by atoms with Crippen LogP contribution in [-0.2, 0) is 14.3 Å². The highest BCUT2D eigenvalue weighted by molar-refractivity contribution is 8.00. The maximum absolute atomic E-state index is 11.8. The summed E-state index contributed by atoms with van der Waals surface area (Å²) in [5.74, 6) is 0.165. The first kappa shape index (κ1) is 13.3. The lowest BCUT2D eigenvalue weighted by Gasteiger charge is -2.35. The van der Waals surface area contributed by atoms with Crippen LogP contribution in [0.15, 0.2) is 0 Å². The second kappa shape index (κ2) is 6.10. The zero-order valence-electron chi connectivity index (χ0n) is 9.64. The van der Waals surface area contributed by atoms with E-state index in [1.165, 1.54) is 11.8 Å². The number of thioether (sulfide) groups is 1. The molecule has 1 fully saturated rings. The predicted octanol–water partition coefficient (Wildman–Crippen LogP) is -0.159. The fourth-order valence-corrected chi connectivity index (χ4v) is 2.37. The SMILES string of the molecule is CC1CN(C(=O)CSCC(N)=O)CC(C)O1. The Balaban J connectivity index is 2.32. The van der Waals surface area contributed by atoms with Crippen LogP contribution >= 0.6 is 11.8 Å². The lowest BCUT2D eigenvalue weighted by molar-refractivity contribution is -0.140. The molecule has 16 heavy (non-hydrogen) atoms. The van der Waals surface area contributed by atoms with E-state index in [0.29, 0.717) is 18.8 Å². The van der Waals surface area contributed by atoms with E-state index in [0.717, 1.165) is 0 Å². The van der Waals surface area contributed by atoms with Gasteiger partial charge in [-0.05, 0) is 13.8 Å². The van der Waals surface area contributed by atoms with E-state index in [1.54, 1.807) is 4.90 Å². The van der Waals surface area contributed by atoms with Crippen molar-refractivity contribution < 1.29 is 14.3 Å². The fraction of sp³-hybridized carbons (Fsp3) is 0.800. The van der Waals surface area contributed by atoms with Gasteiger partial charge in [-0.3, -0.25) is 9.59 Å². The van der Waals surface area contributed by atoms with Gasteiger partial charge in [0.05, 0.1) is 23.7 Å². The highest BCUT2D eigenvalue weighted by Crippen LogP contribution is 2.12. The van der Waals surface area contributed by atoms with Crippen molar-refractivity contribution in [2.75, 3.05) is 24.6 Å². The molecule has 1 rings (SSSR count). The van der Waals surface area contributed by atoms with Crippen molar-refractivity contribution in [1.29, 1.82) is 0 Å². The predicted molar refractivity (Wildman–Crippen MR) is 63.1 cm³/mol. The summed E-state index contributed by atoms with van der Waals surface area (Å²) in [6.07, 6.45) is 0.155. The number of morpholine rings is 1. The summed E-state index contributed by atoms with van der Waals surface area (Å²) in [7, 11) is 0. The van der Waals surface area contributed by atoms with Gasteiger partial charge in [-0.15, -0.1) is 11.8 Å². The molecule has 0 aromatic rings. The zero-order valence-corrected chi connectivity index (χ0v) is 10.5. The Labute approximate surface area is 99.7 Å².